The predicted molar refractivity (Wildman–Crippen MR) is 51.0 cm³/mol. The van der Waals surface area contributed by atoms with Crippen LogP contribution in [0.25, 0.3) is 0 Å². The summed E-state index contributed by atoms with van der Waals surface area (Å²) >= 11 is 0. The molecule has 0 aliphatic heterocycles. The van der Waals surface area contributed by atoms with Crippen LogP contribution in [0.15, 0.2) is 18.5 Å². The van der Waals surface area contributed by atoms with Crippen molar-refractivity contribution in [3.63, 3.8) is 0 Å². The number of esters is 1. The number of nitrogens with zero attached hydrogens (tertiary/aromatic N) is 1. The lowest BCUT2D eigenvalue weighted by Gasteiger charge is -2.04. The number of hydrogen-bond donors (Lipinski definition) is 1. The average Bonchev–Trinajstić information content (AvgIpc) is 2.18. The van der Waals surface area contributed by atoms with Crippen molar-refractivity contribution in [3.8, 4) is 0 Å². The normalized spacial score (nSPS) is 9.86. The van der Waals surface area contributed by atoms with Crippen molar-refractivity contribution in [3.05, 3.63) is 29.6 Å². The van der Waals surface area contributed by atoms with E-state index in [9.17, 15) is 4.79 Å². The smallest absolute Gasteiger partial charge is 0.339 e. The van der Waals surface area contributed by atoms with Crippen LogP contribution in [0, 0.1) is 6.92 Å². The molecule has 4 heteroatoms. The summed E-state index contributed by atoms with van der Waals surface area (Å²) in [6.45, 7) is 2.09. The second-order valence-corrected chi connectivity index (χ2v) is 2.90. The zero-order valence-corrected chi connectivity index (χ0v) is 8.06. The Morgan fingerprint density at radius 3 is 3.07 bits per heavy atom. The van der Waals surface area contributed by atoms with Gasteiger partial charge in [-0.2, -0.15) is 0 Å². The summed E-state index contributed by atoms with van der Waals surface area (Å²) < 4.78 is 4.91. The highest BCUT2D eigenvalue weighted by Crippen LogP contribution is 2.06. The van der Waals surface area contributed by atoms with Gasteiger partial charge in [-0.1, -0.05) is 0 Å². The van der Waals surface area contributed by atoms with Crippen LogP contribution in [0.2, 0.25) is 0 Å². The highest BCUT2D eigenvalue weighted by Gasteiger charge is 2.09. The topological polar surface area (TPSA) is 59.4 Å². The van der Waals surface area contributed by atoms with Crippen LogP contribution in [-0.2, 0) is 4.74 Å². The van der Waals surface area contributed by atoms with Gasteiger partial charge in [0, 0.05) is 25.4 Å². The van der Waals surface area contributed by atoms with E-state index in [-0.39, 0.29) is 19.2 Å². The van der Waals surface area contributed by atoms with Crippen molar-refractivity contribution >= 4 is 5.97 Å². The van der Waals surface area contributed by atoms with Gasteiger partial charge >= 0.3 is 5.97 Å². The summed E-state index contributed by atoms with van der Waals surface area (Å²) in [7, 11) is 0. The van der Waals surface area contributed by atoms with Gasteiger partial charge in [-0.25, -0.2) is 4.79 Å². The maximum atomic E-state index is 11.4. The van der Waals surface area contributed by atoms with Gasteiger partial charge in [0.2, 0.25) is 0 Å². The third-order valence-electron chi connectivity index (χ3n) is 1.79. The average molecular weight is 195 g/mol. The van der Waals surface area contributed by atoms with E-state index < -0.39 is 0 Å². The molecule has 4 nitrogen and oxygen atoms in total. The molecular weight excluding hydrogens is 182 g/mol. The minimum Gasteiger partial charge on any atom is -0.462 e. The largest absolute Gasteiger partial charge is 0.462 e. The molecule has 0 aliphatic carbocycles. The molecule has 1 rings (SSSR count). The van der Waals surface area contributed by atoms with Gasteiger partial charge in [0.1, 0.15) is 0 Å². The summed E-state index contributed by atoms with van der Waals surface area (Å²) in [6.07, 6.45) is 3.57. The van der Waals surface area contributed by atoms with Crippen molar-refractivity contribution in [1.29, 1.82) is 0 Å². The van der Waals surface area contributed by atoms with E-state index >= 15 is 0 Å². The van der Waals surface area contributed by atoms with Crippen molar-refractivity contribution in [2.45, 2.75) is 13.3 Å². The van der Waals surface area contributed by atoms with E-state index in [0.717, 1.165) is 5.56 Å². The summed E-state index contributed by atoms with van der Waals surface area (Å²) in [5, 5.41) is 8.50. The van der Waals surface area contributed by atoms with Crippen LogP contribution in [0.1, 0.15) is 22.3 Å². The van der Waals surface area contributed by atoms with E-state index in [1.54, 1.807) is 12.3 Å². The first-order valence-electron chi connectivity index (χ1n) is 4.44. The Morgan fingerprint density at radius 1 is 1.64 bits per heavy atom. The minimum atomic E-state index is -0.385. The van der Waals surface area contributed by atoms with Gasteiger partial charge in [-0.15, -0.1) is 0 Å². The van der Waals surface area contributed by atoms with Crippen LogP contribution >= 0.6 is 0 Å². The molecule has 0 aliphatic rings. The second-order valence-electron chi connectivity index (χ2n) is 2.90. The summed E-state index contributed by atoms with van der Waals surface area (Å²) in [5.74, 6) is -0.385. The van der Waals surface area contributed by atoms with Gasteiger partial charge in [-0.3, -0.25) is 4.98 Å². The fourth-order valence-corrected chi connectivity index (χ4v) is 0.985. The van der Waals surface area contributed by atoms with E-state index in [1.807, 2.05) is 6.92 Å². The Morgan fingerprint density at radius 2 is 2.43 bits per heavy atom. The van der Waals surface area contributed by atoms with Gasteiger partial charge in [0.15, 0.2) is 0 Å². The predicted octanol–water partition coefficient (Wildman–Crippen LogP) is 0.929. The quantitative estimate of drug-likeness (QED) is 0.573. The van der Waals surface area contributed by atoms with Gasteiger partial charge in [0.05, 0.1) is 12.2 Å². The molecule has 0 aromatic carbocycles. The summed E-state index contributed by atoms with van der Waals surface area (Å²) in [4.78, 5) is 15.2. The number of carbonyl (C=O) groups excluding carboxylic acids is 1. The highest BCUT2D eigenvalue weighted by molar-refractivity contribution is 5.90. The number of hydrogen-bond acceptors (Lipinski definition) is 4. The molecule has 1 aromatic rings. The lowest BCUT2D eigenvalue weighted by Crippen LogP contribution is -2.09. The number of aryl methyl sites for hydroxylation is 1. The fourth-order valence-electron chi connectivity index (χ4n) is 0.985. The summed E-state index contributed by atoms with van der Waals surface area (Å²) in [6, 6.07) is 1.75. The first kappa shape index (κ1) is 10.7. The van der Waals surface area contributed by atoms with Crippen LogP contribution < -0.4 is 0 Å². The Balaban J connectivity index is 2.56. The lowest BCUT2D eigenvalue weighted by atomic mass is 10.2. The first-order valence-corrected chi connectivity index (χ1v) is 4.44. The number of pyridine rings is 1. The van der Waals surface area contributed by atoms with Crippen LogP contribution in [0.4, 0.5) is 0 Å². The van der Waals surface area contributed by atoms with Gasteiger partial charge < -0.3 is 9.84 Å². The van der Waals surface area contributed by atoms with Gasteiger partial charge in [-0.05, 0) is 18.6 Å². The number of carbonyl (C=O) groups is 1. The molecule has 1 N–H and O–H groups in total. The molecule has 0 spiro atoms. The van der Waals surface area contributed by atoms with Crippen LogP contribution in [0.5, 0.6) is 0 Å². The Labute approximate surface area is 82.5 Å². The molecular formula is C10H13NO3. The second kappa shape index (κ2) is 5.34. The van der Waals surface area contributed by atoms with E-state index in [4.69, 9.17) is 9.84 Å². The summed E-state index contributed by atoms with van der Waals surface area (Å²) in [5.41, 5.74) is 1.32. The molecule has 0 atom stereocenters. The molecule has 0 radical (unpaired) electrons. The van der Waals surface area contributed by atoms with Crippen molar-refractivity contribution < 1.29 is 14.6 Å². The maximum Gasteiger partial charge on any atom is 0.339 e. The first-order chi connectivity index (χ1) is 6.75. The number of aliphatic hydroxyl groups excluding tert-OH is 1. The molecule has 1 heterocycles. The van der Waals surface area contributed by atoms with Crippen molar-refractivity contribution in [2.75, 3.05) is 13.2 Å². The van der Waals surface area contributed by atoms with Crippen molar-refractivity contribution in [1.82, 2.24) is 4.98 Å². The molecule has 0 saturated carbocycles. The van der Waals surface area contributed by atoms with E-state index in [0.29, 0.717) is 12.0 Å². The standard InChI is InChI=1S/C10H13NO3/c1-8-3-4-11-7-9(8)10(13)14-6-2-5-12/h3-4,7,12H,2,5-6H2,1H3. The fraction of sp³-hybridized carbons (Fsp3) is 0.400. The SMILES string of the molecule is Cc1ccncc1C(=O)OCCCO. The van der Waals surface area contributed by atoms with E-state index in [2.05, 4.69) is 4.98 Å². The number of aromatic nitrogens is 1. The highest BCUT2D eigenvalue weighted by atomic mass is 16.5. The molecule has 0 bridgehead atoms. The zero-order valence-electron chi connectivity index (χ0n) is 8.06. The lowest BCUT2D eigenvalue weighted by molar-refractivity contribution is 0.0481. The maximum absolute atomic E-state index is 11.4. The van der Waals surface area contributed by atoms with Crippen molar-refractivity contribution in [2.24, 2.45) is 0 Å². The van der Waals surface area contributed by atoms with Crippen LogP contribution in [-0.4, -0.2) is 29.3 Å². The number of rotatable bonds is 4. The third kappa shape index (κ3) is 2.81. The zero-order chi connectivity index (χ0) is 10.4. The minimum absolute atomic E-state index is 0.0271. The van der Waals surface area contributed by atoms with E-state index in [1.165, 1.54) is 6.20 Å². The van der Waals surface area contributed by atoms with Gasteiger partial charge in [0.25, 0.3) is 0 Å². The Bertz CT molecular complexity index is 312. The molecule has 0 amide bonds. The molecule has 0 unspecified atom stereocenters. The Kier molecular flexibility index (Phi) is 4.07. The number of aliphatic hydroxyl groups is 1. The molecule has 1 aromatic heterocycles. The number of ether oxygens (including phenoxy) is 1. The molecule has 14 heavy (non-hydrogen) atoms. The Hall–Kier alpha value is -1.42. The monoisotopic (exact) mass is 195 g/mol. The molecule has 0 fully saturated rings. The molecule has 0 saturated heterocycles. The third-order valence-corrected chi connectivity index (χ3v) is 1.79. The van der Waals surface area contributed by atoms with Crippen LogP contribution in [0.3, 0.4) is 0 Å². The molecule has 76 valence electrons.